The fourth-order valence-electron chi connectivity index (χ4n) is 10.3. The van der Waals surface area contributed by atoms with Crippen LogP contribution in [0.15, 0.2) is 111 Å². The standard InChI is InChI=1S/C54H54O8/c1-33(2)43-20-16-35-17-21-44-39(28-35)14-8-9-25-54(3)51(61-53(43)57)50(48-46(62-54)23-19-40-31-41(24-26-58-4)52(56)60-49(40)48)59-47(55)32-42-30-38(18-22-45(42)44)37-15-10-13-36(29-37)27-34-11-6-5-7-12-34/h5-7,10-13,15,17,19,21,23,28-29,31,38,42,45,50-51H,14,16,18,20,22,24-27,30,32H2,1-4H3/t38-,42-,45+,50+,51-,54+/m0/s1. The molecule has 1 aromatic heterocycles. The van der Waals surface area contributed by atoms with Crippen LogP contribution in [0.25, 0.3) is 11.0 Å². The fraction of sp³-hybridized carbons (Fsp3) is 0.389. The molecule has 62 heavy (non-hydrogen) atoms. The minimum atomic E-state index is -1.23. The van der Waals surface area contributed by atoms with Crippen LogP contribution in [0, 0.1) is 17.8 Å². The van der Waals surface area contributed by atoms with Gasteiger partial charge in [-0.25, -0.2) is 9.59 Å². The number of carbonyl (C=O) groups excluding carboxylic acids is 2. The van der Waals surface area contributed by atoms with Gasteiger partial charge in [-0.1, -0.05) is 90.2 Å². The van der Waals surface area contributed by atoms with E-state index in [0.29, 0.717) is 60.1 Å². The van der Waals surface area contributed by atoms with E-state index in [0.717, 1.165) is 42.4 Å². The first-order valence-corrected chi connectivity index (χ1v) is 22.1. The van der Waals surface area contributed by atoms with Gasteiger partial charge in [-0.05, 0) is 129 Å². The third-order valence-electron chi connectivity index (χ3n) is 13.6. The van der Waals surface area contributed by atoms with Crippen molar-refractivity contribution in [1.29, 1.82) is 0 Å². The van der Waals surface area contributed by atoms with Crippen molar-refractivity contribution in [2.45, 2.75) is 115 Å². The number of esters is 2. The minimum Gasteiger partial charge on any atom is -0.482 e. The van der Waals surface area contributed by atoms with Crippen LogP contribution < -0.4 is 10.4 Å². The topological polar surface area (TPSA) is 101 Å². The Labute approximate surface area is 363 Å². The quantitative estimate of drug-likeness (QED) is 0.0722. The molecule has 318 valence electrons. The molecule has 0 radical (unpaired) electrons. The maximum atomic E-state index is 14.9. The maximum Gasteiger partial charge on any atom is 0.339 e. The molecule has 5 bridgehead atoms. The molecule has 0 unspecified atom stereocenters. The molecule has 1 saturated carbocycles. The Hall–Kier alpha value is -5.91. The van der Waals surface area contributed by atoms with Gasteiger partial charge < -0.3 is 23.4 Å². The second-order valence-corrected chi connectivity index (χ2v) is 18.1. The van der Waals surface area contributed by atoms with Crippen molar-refractivity contribution >= 4 is 22.9 Å². The number of methoxy groups -OCH3 is 1. The highest BCUT2D eigenvalue weighted by Gasteiger charge is 2.53. The number of benzene rings is 4. The van der Waals surface area contributed by atoms with Crippen LogP contribution in [-0.4, -0.2) is 37.4 Å². The van der Waals surface area contributed by atoms with Gasteiger partial charge in [0, 0.05) is 42.9 Å². The number of ether oxygens (including phenoxy) is 4. The van der Waals surface area contributed by atoms with E-state index < -0.39 is 35.4 Å². The summed E-state index contributed by atoms with van der Waals surface area (Å²) in [5.41, 5.74) is 8.06. The normalized spacial score (nSPS) is 24.6. The Morgan fingerprint density at radius 3 is 2.53 bits per heavy atom. The largest absolute Gasteiger partial charge is 0.482 e. The zero-order chi connectivity index (χ0) is 43.0. The van der Waals surface area contributed by atoms with Gasteiger partial charge in [0.15, 0.2) is 17.8 Å². The van der Waals surface area contributed by atoms with Crippen LogP contribution in [0.1, 0.15) is 122 Å². The molecule has 0 amide bonds. The predicted octanol–water partition coefficient (Wildman–Crippen LogP) is 10.2. The monoisotopic (exact) mass is 830 g/mol. The molecular formula is C54H54O8. The first-order valence-electron chi connectivity index (χ1n) is 22.1. The van der Waals surface area contributed by atoms with Gasteiger partial charge in [0.05, 0.1) is 18.6 Å². The van der Waals surface area contributed by atoms with Crippen LogP contribution in [0.3, 0.4) is 0 Å². The first kappa shape index (κ1) is 41.4. The molecule has 4 aliphatic rings. The molecule has 4 aromatic carbocycles. The molecular weight excluding hydrogens is 777 g/mol. The SMILES string of the molecule is COCCc1cc2ccc3c(c2oc1=O)[C@H]1OC(=O)C[C@@H]2C[C@@H](c4cccc(Cc5ccccc5)c4)CC[C@H]2c2ccc4cc2CC#CC[C@@](C)(O3)[C@H]1OC(=O)C(=C(C)C)CC4. The lowest BCUT2D eigenvalue weighted by Gasteiger charge is -2.45. The molecule has 9 rings (SSSR count). The Kier molecular flexibility index (Phi) is 11.7. The number of carbonyl (C=O) groups is 2. The molecule has 8 heteroatoms. The van der Waals surface area contributed by atoms with Gasteiger partial charge in [0.25, 0.3) is 0 Å². The lowest BCUT2D eigenvalue weighted by atomic mass is 9.67. The zero-order valence-electron chi connectivity index (χ0n) is 36.1. The molecule has 8 nitrogen and oxygen atoms in total. The minimum absolute atomic E-state index is 0.0507. The number of hydrogen-bond donors (Lipinski definition) is 0. The fourth-order valence-corrected chi connectivity index (χ4v) is 10.3. The molecule has 5 aromatic rings. The second kappa shape index (κ2) is 17.5. The van der Waals surface area contributed by atoms with E-state index in [4.69, 9.17) is 23.4 Å². The van der Waals surface area contributed by atoms with Gasteiger partial charge in [-0.3, -0.25) is 4.79 Å². The van der Waals surface area contributed by atoms with Gasteiger partial charge in [0.1, 0.15) is 11.3 Å². The summed E-state index contributed by atoms with van der Waals surface area (Å²) >= 11 is 0. The van der Waals surface area contributed by atoms with E-state index in [1.807, 2.05) is 39.0 Å². The van der Waals surface area contributed by atoms with Gasteiger partial charge in [-0.15, -0.1) is 0 Å². The summed E-state index contributed by atoms with van der Waals surface area (Å²) < 4.78 is 31.5. The van der Waals surface area contributed by atoms with Crippen LogP contribution in [0.4, 0.5) is 0 Å². The lowest BCUT2D eigenvalue weighted by molar-refractivity contribution is -0.190. The number of allylic oxidation sites excluding steroid dienone is 1. The van der Waals surface area contributed by atoms with Crippen LogP contribution in [0.5, 0.6) is 5.75 Å². The predicted molar refractivity (Wildman–Crippen MR) is 238 cm³/mol. The van der Waals surface area contributed by atoms with E-state index in [9.17, 15) is 14.4 Å². The van der Waals surface area contributed by atoms with Crippen LogP contribution in [0.2, 0.25) is 0 Å². The van der Waals surface area contributed by atoms with Crippen molar-refractivity contribution in [3.8, 4) is 17.6 Å². The van der Waals surface area contributed by atoms with Crippen molar-refractivity contribution in [3.05, 3.63) is 157 Å². The Morgan fingerprint density at radius 1 is 0.871 bits per heavy atom. The molecule has 0 N–H and O–H groups in total. The average Bonchev–Trinajstić information content (AvgIpc) is 3.25. The summed E-state index contributed by atoms with van der Waals surface area (Å²) in [6, 6.07) is 31.6. The second-order valence-electron chi connectivity index (χ2n) is 18.1. The third kappa shape index (κ3) is 8.35. The molecule has 1 fully saturated rings. The smallest absolute Gasteiger partial charge is 0.339 e. The van der Waals surface area contributed by atoms with Crippen molar-refractivity contribution < 1.29 is 33.0 Å². The first-order chi connectivity index (χ1) is 30.1. The number of rotatable bonds is 6. The molecule has 3 aliphatic heterocycles. The Morgan fingerprint density at radius 2 is 1.71 bits per heavy atom. The van der Waals surface area contributed by atoms with Crippen molar-refractivity contribution in [3.63, 3.8) is 0 Å². The van der Waals surface area contributed by atoms with Crippen LogP contribution in [-0.2, 0) is 49.5 Å². The van der Waals surface area contributed by atoms with E-state index in [1.165, 1.54) is 22.3 Å². The summed E-state index contributed by atoms with van der Waals surface area (Å²) in [7, 11) is 1.59. The molecule has 6 atom stereocenters. The van der Waals surface area contributed by atoms with Gasteiger partial charge >= 0.3 is 17.6 Å². The highest BCUT2D eigenvalue weighted by atomic mass is 16.6. The van der Waals surface area contributed by atoms with Crippen LogP contribution >= 0.6 is 0 Å². The Bertz CT molecular complexity index is 2680. The average molecular weight is 831 g/mol. The van der Waals surface area contributed by atoms with E-state index in [1.54, 1.807) is 13.2 Å². The highest BCUT2D eigenvalue weighted by Crippen LogP contribution is 2.51. The summed E-state index contributed by atoms with van der Waals surface area (Å²) in [5, 5.41) is 0.634. The molecule has 0 spiro atoms. The van der Waals surface area contributed by atoms with Gasteiger partial charge in [0.2, 0.25) is 0 Å². The number of hydrogen-bond acceptors (Lipinski definition) is 8. The maximum absolute atomic E-state index is 14.9. The van der Waals surface area contributed by atoms with Crippen molar-refractivity contribution in [2.75, 3.05) is 13.7 Å². The van der Waals surface area contributed by atoms with E-state index in [-0.39, 0.29) is 36.2 Å². The zero-order valence-corrected chi connectivity index (χ0v) is 36.1. The Balaban J connectivity index is 1.17. The molecule has 0 saturated heterocycles. The highest BCUT2D eigenvalue weighted by molar-refractivity contribution is 5.90. The molecule has 1 aliphatic carbocycles. The summed E-state index contributed by atoms with van der Waals surface area (Å²) in [6.07, 6.45) is 3.63. The summed E-state index contributed by atoms with van der Waals surface area (Å²) in [4.78, 5) is 42.9. The summed E-state index contributed by atoms with van der Waals surface area (Å²) in [6.45, 7) is 6.04. The van der Waals surface area contributed by atoms with Gasteiger partial charge in [-0.2, -0.15) is 0 Å². The lowest BCUT2D eigenvalue weighted by Crippen LogP contribution is -2.54. The molecule has 4 heterocycles. The summed E-state index contributed by atoms with van der Waals surface area (Å²) in [5.74, 6) is 6.66. The van der Waals surface area contributed by atoms with E-state index in [2.05, 4.69) is 78.6 Å². The number of aryl methyl sites for hydroxylation is 1. The third-order valence-corrected chi connectivity index (χ3v) is 13.6. The van der Waals surface area contributed by atoms with Crippen molar-refractivity contribution in [1.82, 2.24) is 0 Å². The van der Waals surface area contributed by atoms with E-state index >= 15 is 0 Å². The number of fused-ring (bicyclic) bond motifs is 9. The van der Waals surface area contributed by atoms with Crippen molar-refractivity contribution in [2.24, 2.45) is 5.92 Å².